The molecule has 1 aromatic carbocycles. The summed E-state index contributed by atoms with van der Waals surface area (Å²) in [5.41, 5.74) is 8.71. The first-order valence-corrected chi connectivity index (χ1v) is 9.67. The Hall–Kier alpha value is -3.53. The number of hydrogen-bond donors (Lipinski definition) is 1. The second-order valence-electron chi connectivity index (χ2n) is 7.60. The normalized spacial score (nSPS) is 19.0. The zero-order chi connectivity index (χ0) is 20.8. The highest BCUT2D eigenvalue weighted by Gasteiger charge is 2.31. The Morgan fingerprint density at radius 2 is 2.03 bits per heavy atom. The highest BCUT2D eigenvalue weighted by molar-refractivity contribution is 5.73. The third kappa shape index (κ3) is 3.14. The number of hydrogen-bond acceptors (Lipinski definition) is 8. The quantitative estimate of drug-likeness (QED) is 0.541. The van der Waals surface area contributed by atoms with Gasteiger partial charge >= 0.3 is 0 Å². The molecule has 4 heterocycles. The summed E-state index contributed by atoms with van der Waals surface area (Å²) in [4.78, 5) is 25.3. The first-order chi connectivity index (χ1) is 14.5. The van der Waals surface area contributed by atoms with Gasteiger partial charge in [-0.1, -0.05) is 35.0 Å². The van der Waals surface area contributed by atoms with Crippen LogP contribution in [0.3, 0.4) is 0 Å². The van der Waals surface area contributed by atoms with Crippen LogP contribution in [-0.4, -0.2) is 35.8 Å². The van der Waals surface area contributed by atoms with Gasteiger partial charge in [0.2, 0.25) is 11.8 Å². The van der Waals surface area contributed by atoms with Crippen LogP contribution in [0.1, 0.15) is 41.3 Å². The molecule has 154 valence electrons. The van der Waals surface area contributed by atoms with Gasteiger partial charge in [0.05, 0.1) is 19.0 Å². The smallest absolute Gasteiger partial charge is 0.279 e. The number of imidazole rings is 1. The molecular weight excluding hydrogens is 386 g/mol. The Kier molecular flexibility index (Phi) is 4.35. The van der Waals surface area contributed by atoms with Crippen LogP contribution >= 0.6 is 0 Å². The van der Waals surface area contributed by atoms with E-state index in [1.165, 1.54) is 16.5 Å². The summed E-state index contributed by atoms with van der Waals surface area (Å²) in [5, 5.41) is 4.13. The average molecular weight is 407 g/mol. The molecule has 0 unspecified atom stereocenters. The minimum absolute atomic E-state index is 0.0138. The molecule has 0 bridgehead atoms. The Labute approximate surface area is 171 Å². The minimum Gasteiger partial charge on any atom is -0.373 e. The van der Waals surface area contributed by atoms with Crippen LogP contribution in [0.25, 0.3) is 11.2 Å². The molecule has 0 amide bonds. The van der Waals surface area contributed by atoms with E-state index < -0.39 is 0 Å². The largest absolute Gasteiger partial charge is 0.373 e. The SMILES string of the molecule is Cc1ccc([C@H]2C[C@H](c3noc(Cn4c(N)nc5ncn(C)c(=O)c54)n3)CO2)cc1. The number of aryl methyl sites for hydroxylation is 2. The average Bonchev–Trinajstić information content (AvgIpc) is 3.45. The molecule has 30 heavy (non-hydrogen) atoms. The fourth-order valence-electron chi connectivity index (χ4n) is 3.73. The molecule has 5 rings (SSSR count). The number of fused-ring (bicyclic) bond motifs is 1. The molecule has 1 fully saturated rings. The monoisotopic (exact) mass is 407 g/mol. The van der Waals surface area contributed by atoms with Crippen LogP contribution < -0.4 is 11.3 Å². The summed E-state index contributed by atoms with van der Waals surface area (Å²) >= 11 is 0. The van der Waals surface area contributed by atoms with Gasteiger partial charge in [0.25, 0.3) is 5.56 Å². The molecule has 0 aliphatic carbocycles. The van der Waals surface area contributed by atoms with Crippen LogP contribution in [0.4, 0.5) is 5.95 Å². The Balaban J connectivity index is 1.36. The van der Waals surface area contributed by atoms with E-state index in [1.807, 2.05) is 0 Å². The van der Waals surface area contributed by atoms with Crippen molar-refractivity contribution in [2.45, 2.75) is 31.9 Å². The predicted octanol–water partition coefficient (Wildman–Crippen LogP) is 1.70. The van der Waals surface area contributed by atoms with Crippen molar-refractivity contribution in [2.75, 3.05) is 12.3 Å². The molecule has 2 atom stereocenters. The fourth-order valence-corrected chi connectivity index (χ4v) is 3.73. The molecule has 0 radical (unpaired) electrons. The number of ether oxygens (including phenoxy) is 1. The highest BCUT2D eigenvalue weighted by Crippen LogP contribution is 2.37. The van der Waals surface area contributed by atoms with Gasteiger partial charge in [-0.3, -0.25) is 9.36 Å². The van der Waals surface area contributed by atoms with Crippen molar-refractivity contribution in [3.63, 3.8) is 0 Å². The van der Waals surface area contributed by atoms with E-state index in [0.717, 1.165) is 12.0 Å². The van der Waals surface area contributed by atoms with Gasteiger partial charge in [-0.15, -0.1) is 0 Å². The van der Waals surface area contributed by atoms with Gasteiger partial charge in [0.15, 0.2) is 17.0 Å². The summed E-state index contributed by atoms with van der Waals surface area (Å²) in [7, 11) is 1.62. The molecule has 10 nitrogen and oxygen atoms in total. The lowest BCUT2D eigenvalue weighted by Crippen LogP contribution is -2.20. The number of rotatable bonds is 4. The summed E-state index contributed by atoms with van der Waals surface area (Å²) in [6, 6.07) is 8.34. The minimum atomic E-state index is -0.242. The van der Waals surface area contributed by atoms with Crippen LogP contribution in [0.15, 0.2) is 39.9 Å². The maximum absolute atomic E-state index is 12.5. The van der Waals surface area contributed by atoms with Crippen molar-refractivity contribution in [3.05, 3.63) is 63.8 Å². The van der Waals surface area contributed by atoms with E-state index in [4.69, 9.17) is 15.0 Å². The van der Waals surface area contributed by atoms with E-state index in [2.05, 4.69) is 51.3 Å². The van der Waals surface area contributed by atoms with Crippen LogP contribution in [0.5, 0.6) is 0 Å². The van der Waals surface area contributed by atoms with Gasteiger partial charge in [-0.05, 0) is 18.9 Å². The second-order valence-corrected chi connectivity index (χ2v) is 7.60. The molecule has 0 spiro atoms. The van der Waals surface area contributed by atoms with Crippen molar-refractivity contribution >= 4 is 17.1 Å². The lowest BCUT2D eigenvalue weighted by Gasteiger charge is -2.09. The van der Waals surface area contributed by atoms with Crippen molar-refractivity contribution in [1.82, 2.24) is 29.2 Å². The first kappa shape index (κ1) is 18.5. The Morgan fingerprint density at radius 1 is 1.23 bits per heavy atom. The van der Waals surface area contributed by atoms with Crippen molar-refractivity contribution in [1.29, 1.82) is 0 Å². The zero-order valence-corrected chi connectivity index (χ0v) is 16.6. The molecule has 3 aromatic heterocycles. The summed E-state index contributed by atoms with van der Waals surface area (Å²) in [5.74, 6) is 1.15. The van der Waals surface area contributed by atoms with Crippen molar-refractivity contribution < 1.29 is 9.26 Å². The zero-order valence-electron chi connectivity index (χ0n) is 16.6. The second kappa shape index (κ2) is 7.06. The molecular formula is C20H21N7O3. The molecule has 1 aliphatic heterocycles. The highest BCUT2D eigenvalue weighted by atomic mass is 16.5. The maximum Gasteiger partial charge on any atom is 0.279 e. The van der Waals surface area contributed by atoms with Crippen molar-refractivity contribution in [3.8, 4) is 0 Å². The van der Waals surface area contributed by atoms with E-state index >= 15 is 0 Å². The van der Waals surface area contributed by atoms with Crippen molar-refractivity contribution in [2.24, 2.45) is 7.05 Å². The van der Waals surface area contributed by atoms with Gasteiger partial charge in [-0.2, -0.15) is 9.97 Å². The molecule has 1 aliphatic rings. The lowest BCUT2D eigenvalue weighted by atomic mass is 9.99. The number of nitrogens with zero attached hydrogens (tertiary/aromatic N) is 6. The van der Waals surface area contributed by atoms with Gasteiger partial charge < -0.3 is 19.6 Å². The van der Waals surface area contributed by atoms with E-state index in [0.29, 0.717) is 29.5 Å². The van der Waals surface area contributed by atoms with Crippen LogP contribution in [-0.2, 0) is 18.3 Å². The summed E-state index contributed by atoms with van der Waals surface area (Å²) in [6.45, 7) is 2.73. The maximum atomic E-state index is 12.5. The predicted molar refractivity (Wildman–Crippen MR) is 108 cm³/mol. The van der Waals surface area contributed by atoms with E-state index in [9.17, 15) is 4.79 Å². The Morgan fingerprint density at radius 3 is 2.83 bits per heavy atom. The standard InChI is InChI=1S/C20H21N7O3/c1-11-3-5-12(6-4-11)14-7-13(9-29-14)17-23-15(30-25-17)8-27-16-18(24-20(27)21)22-10-26(2)19(16)28/h3-6,10,13-14H,7-9H2,1-2H3,(H2,21,24)/t13-,14+/m0/s1. The number of anilines is 1. The van der Waals surface area contributed by atoms with Crippen LogP contribution in [0.2, 0.25) is 0 Å². The van der Waals surface area contributed by atoms with Gasteiger partial charge in [-0.25, -0.2) is 4.98 Å². The number of aromatic nitrogens is 6. The van der Waals surface area contributed by atoms with E-state index in [1.54, 1.807) is 11.6 Å². The molecule has 1 saturated heterocycles. The van der Waals surface area contributed by atoms with Gasteiger partial charge in [0.1, 0.15) is 6.54 Å². The first-order valence-electron chi connectivity index (χ1n) is 9.67. The number of nitrogen functional groups attached to an aromatic ring is 1. The Bertz CT molecular complexity index is 1270. The molecule has 10 heteroatoms. The number of benzene rings is 1. The van der Waals surface area contributed by atoms with Crippen LogP contribution in [0, 0.1) is 6.92 Å². The molecule has 0 saturated carbocycles. The molecule has 4 aromatic rings. The van der Waals surface area contributed by atoms with Gasteiger partial charge in [0, 0.05) is 13.0 Å². The lowest BCUT2D eigenvalue weighted by molar-refractivity contribution is 0.110. The molecule has 2 N–H and O–H groups in total. The third-order valence-corrected chi connectivity index (χ3v) is 5.44. The number of nitrogens with two attached hydrogens (primary N) is 1. The topological polar surface area (TPSA) is 127 Å². The third-order valence-electron chi connectivity index (χ3n) is 5.44. The summed E-state index contributed by atoms with van der Waals surface area (Å²) in [6.07, 6.45) is 2.21. The summed E-state index contributed by atoms with van der Waals surface area (Å²) < 4.78 is 14.3. The van der Waals surface area contributed by atoms with E-state index in [-0.39, 0.29) is 30.1 Å². The fraction of sp³-hybridized carbons (Fsp3) is 0.350.